The molecule has 3 rings (SSSR count). The molecule has 2 aromatic rings. The van der Waals surface area contributed by atoms with Crippen LogP contribution in [0.1, 0.15) is 48.4 Å². The molecule has 2 aromatic carbocycles. The van der Waals surface area contributed by atoms with Crippen LogP contribution in [-0.4, -0.2) is 6.04 Å². The summed E-state index contributed by atoms with van der Waals surface area (Å²) in [5, 5.41) is 3.61. The summed E-state index contributed by atoms with van der Waals surface area (Å²) in [7, 11) is 0. The van der Waals surface area contributed by atoms with E-state index in [0.717, 1.165) is 5.56 Å². The molecule has 1 aliphatic carbocycles. The van der Waals surface area contributed by atoms with E-state index in [-0.39, 0.29) is 11.9 Å². The van der Waals surface area contributed by atoms with Crippen molar-refractivity contribution >= 4 is 0 Å². The molecule has 1 N–H and O–H groups in total. The summed E-state index contributed by atoms with van der Waals surface area (Å²) >= 11 is 0. The largest absolute Gasteiger partial charge is 0.307 e. The third kappa shape index (κ3) is 3.16. The Bertz CT molecular complexity index is 616. The molecule has 1 nitrogen and oxygen atoms in total. The Kier molecular flexibility index (Phi) is 4.07. The zero-order valence-corrected chi connectivity index (χ0v) is 12.6. The molecule has 0 bridgehead atoms. The van der Waals surface area contributed by atoms with Crippen LogP contribution in [0.15, 0.2) is 48.5 Å². The van der Waals surface area contributed by atoms with Gasteiger partial charge in [-0.2, -0.15) is 0 Å². The quantitative estimate of drug-likeness (QED) is 0.855. The van der Waals surface area contributed by atoms with Gasteiger partial charge in [-0.05, 0) is 61.4 Å². The molecule has 0 amide bonds. The number of aryl methyl sites for hydroxylation is 1. The van der Waals surface area contributed by atoms with Gasteiger partial charge in [0.2, 0.25) is 0 Å². The second-order valence-electron chi connectivity index (χ2n) is 6.17. The predicted octanol–water partition coefficient (Wildman–Crippen LogP) is 4.73. The average Bonchev–Trinajstić information content (AvgIpc) is 2.43. The van der Waals surface area contributed by atoms with Crippen molar-refractivity contribution in [3.8, 4) is 0 Å². The predicted molar refractivity (Wildman–Crippen MR) is 84.9 cm³/mol. The maximum absolute atomic E-state index is 13.3. The molecule has 2 heteroatoms. The molecule has 110 valence electrons. The molecule has 0 aromatic heterocycles. The van der Waals surface area contributed by atoms with Crippen molar-refractivity contribution in [2.45, 2.75) is 44.7 Å². The van der Waals surface area contributed by atoms with Gasteiger partial charge in [0, 0.05) is 12.1 Å². The summed E-state index contributed by atoms with van der Waals surface area (Å²) in [5.74, 6) is 0.510. The first-order valence-corrected chi connectivity index (χ1v) is 7.70. The third-order valence-corrected chi connectivity index (χ3v) is 4.60. The number of halogens is 1. The fraction of sp³-hybridized carbons (Fsp3) is 0.368. The Labute approximate surface area is 126 Å². The molecule has 0 radical (unpaired) electrons. The molecule has 1 fully saturated rings. The Morgan fingerprint density at radius 3 is 2.57 bits per heavy atom. The zero-order valence-electron chi connectivity index (χ0n) is 12.6. The van der Waals surface area contributed by atoms with Crippen LogP contribution in [-0.2, 0) is 0 Å². The maximum Gasteiger partial charge on any atom is 0.123 e. The van der Waals surface area contributed by atoms with Crippen LogP contribution in [0.2, 0.25) is 0 Å². The van der Waals surface area contributed by atoms with Crippen LogP contribution in [0.5, 0.6) is 0 Å². The van der Waals surface area contributed by atoms with Gasteiger partial charge in [0.25, 0.3) is 0 Å². The summed E-state index contributed by atoms with van der Waals surface area (Å²) in [6.07, 6.45) is 2.34. The molecule has 1 saturated carbocycles. The second-order valence-corrected chi connectivity index (χ2v) is 6.17. The Hall–Kier alpha value is -1.67. The summed E-state index contributed by atoms with van der Waals surface area (Å²) in [6, 6.07) is 16.3. The lowest BCUT2D eigenvalue weighted by Gasteiger charge is -2.39. The van der Waals surface area contributed by atoms with E-state index >= 15 is 0 Å². The third-order valence-electron chi connectivity index (χ3n) is 4.60. The van der Waals surface area contributed by atoms with Gasteiger partial charge in [0.1, 0.15) is 5.82 Å². The minimum atomic E-state index is -0.160. The lowest BCUT2D eigenvalue weighted by Crippen LogP contribution is -2.41. The van der Waals surface area contributed by atoms with E-state index in [9.17, 15) is 4.39 Å². The SMILES string of the molecule is Cc1ccccc1C1CC(NC(C)c2cccc(F)c2)C1. The molecule has 21 heavy (non-hydrogen) atoms. The average molecular weight is 283 g/mol. The Morgan fingerprint density at radius 2 is 1.86 bits per heavy atom. The van der Waals surface area contributed by atoms with Crippen molar-refractivity contribution in [2.75, 3.05) is 0 Å². The number of nitrogens with one attached hydrogen (secondary N) is 1. The van der Waals surface area contributed by atoms with Crippen molar-refractivity contribution < 1.29 is 4.39 Å². The topological polar surface area (TPSA) is 12.0 Å². The molecule has 0 spiro atoms. The van der Waals surface area contributed by atoms with Gasteiger partial charge >= 0.3 is 0 Å². The minimum absolute atomic E-state index is 0.160. The number of benzene rings is 2. The van der Waals surface area contributed by atoms with Crippen LogP contribution < -0.4 is 5.32 Å². The van der Waals surface area contributed by atoms with Gasteiger partial charge in [-0.1, -0.05) is 36.4 Å². The molecule has 0 heterocycles. The van der Waals surface area contributed by atoms with E-state index in [4.69, 9.17) is 0 Å². The molecule has 0 saturated heterocycles. The van der Waals surface area contributed by atoms with Crippen molar-refractivity contribution in [2.24, 2.45) is 0 Å². The monoisotopic (exact) mass is 283 g/mol. The highest BCUT2D eigenvalue weighted by molar-refractivity contribution is 5.31. The van der Waals surface area contributed by atoms with Crippen LogP contribution in [0.25, 0.3) is 0 Å². The fourth-order valence-electron chi connectivity index (χ4n) is 3.28. The van der Waals surface area contributed by atoms with E-state index in [2.05, 4.69) is 43.4 Å². The summed E-state index contributed by atoms with van der Waals surface area (Å²) < 4.78 is 13.3. The number of hydrogen-bond acceptors (Lipinski definition) is 1. The zero-order chi connectivity index (χ0) is 14.8. The van der Waals surface area contributed by atoms with Gasteiger partial charge in [-0.15, -0.1) is 0 Å². The maximum atomic E-state index is 13.3. The molecular formula is C19H22FN. The van der Waals surface area contributed by atoms with E-state index in [1.165, 1.54) is 30.0 Å². The summed E-state index contributed by atoms with van der Waals surface area (Å²) in [4.78, 5) is 0. The van der Waals surface area contributed by atoms with E-state index < -0.39 is 0 Å². The number of hydrogen-bond donors (Lipinski definition) is 1. The van der Waals surface area contributed by atoms with Crippen LogP contribution in [0.4, 0.5) is 4.39 Å². The van der Waals surface area contributed by atoms with Gasteiger partial charge < -0.3 is 5.32 Å². The smallest absolute Gasteiger partial charge is 0.123 e. The Balaban J connectivity index is 1.56. The number of rotatable bonds is 4. The first kappa shape index (κ1) is 14.3. The molecular weight excluding hydrogens is 261 g/mol. The standard InChI is InChI=1S/C19H22FN/c1-13-6-3-4-9-19(13)16-11-18(12-16)21-14(2)15-7-5-8-17(20)10-15/h3-10,14,16,18,21H,11-12H2,1-2H3. The lowest BCUT2D eigenvalue weighted by atomic mass is 9.74. The van der Waals surface area contributed by atoms with Crippen LogP contribution in [0.3, 0.4) is 0 Å². The first-order chi connectivity index (χ1) is 10.1. The van der Waals surface area contributed by atoms with Crippen LogP contribution in [0, 0.1) is 12.7 Å². The second kappa shape index (κ2) is 5.98. The highest BCUT2D eigenvalue weighted by Gasteiger charge is 2.31. The van der Waals surface area contributed by atoms with Gasteiger partial charge in [0.15, 0.2) is 0 Å². The summed E-state index contributed by atoms with van der Waals surface area (Å²) in [6.45, 7) is 4.29. The molecule has 1 unspecified atom stereocenters. The van der Waals surface area contributed by atoms with Crippen molar-refractivity contribution in [1.29, 1.82) is 0 Å². The van der Waals surface area contributed by atoms with Crippen molar-refractivity contribution in [1.82, 2.24) is 5.32 Å². The molecule has 1 aliphatic rings. The van der Waals surface area contributed by atoms with Crippen molar-refractivity contribution in [3.05, 3.63) is 71.0 Å². The van der Waals surface area contributed by atoms with Gasteiger partial charge in [0.05, 0.1) is 0 Å². The van der Waals surface area contributed by atoms with E-state index in [1.807, 2.05) is 6.07 Å². The van der Waals surface area contributed by atoms with E-state index in [1.54, 1.807) is 12.1 Å². The lowest BCUT2D eigenvalue weighted by molar-refractivity contribution is 0.270. The summed E-state index contributed by atoms with van der Waals surface area (Å²) in [5.41, 5.74) is 3.89. The molecule has 1 atom stereocenters. The molecule has 0 aliphatic heterocycles. The van der Waals surface area contributed by atoms with Gasteiger partial charge in [-0.3, -0.25) is 0 Å². The van der Waals surface area contributed by atoms with Crippen LogP contribution >= 0.6 is 0 Å². The first-order valence-electron chi connectivity index (χ1n) is 7.70. The van der Waals surface area contributed by atoms with Crippen molar-refractivity contribution in [3.63, 3.8) is 0 Å². The normalized spacial score (nSPS) is 22.6. The Morgan fingerprint density at radius 1 is 1.10 bits per heavy atom. The van der Waals surface area contributed by atoms with Gasteiger partial charge in [-0.25, -0.2) is 4.39 Å². The fourth-order valence-corrected chi connectivity index (χ4v) is 3.28. The highest BCUT2D eigenvalue weighted by Crippen LogP contribution is 2.39. The highest BCUT2D eigenvalue weighted by atomic mass is 19.1. The van der Waals surface area contributed by atoms with E-state index in [0.29, 0.717) is 12.0 Å². The minimum Gasteiger partial charge on any atom is -0.307 e.